The Balaban J connectivity index is 1.84. The molecular weight excluding hydrogens is 254 g/mol. The highest BCUT2D eigenvalue weighted by Gasteiger charge is 2.06. The highest BCUT2D eigenvalue weighted by molar-refractivity contribution is 7.98. The highest BCUT2D eigenvalue weighted by Crippen LogP contribution is 2.22. The van der Waals surface area contributed by atoms with Crippen LogP contribution in [0.5, 0.6) is 0 Å². The fraction of sp³-hybridized carbons (Fsp3) is 0.200. The van der Waals surface area contributed by atoms with Crippen LogP contribution in [0.25, 0.3) is 5.65 Å². The molecule has 4 heteroatoms. The van der Waals surface area contributed by atoms with Gasteiger partial charge in [-0.15, -0.1) is 0 Å². The van der Waals surface area contributed by atoms with Crippen LogP contribution in [0.3, 0.4) is 0 Å². The molecule has 0 saturated carbocycles. The van der Waals surface area contributed by atoms with Gasteiger partial charge in [0.15, 0.2) is 5.65 Å². The second-order valence-corrected chi connectivity index (χ2v) is 5.56. The molecule has 0 unspecified atom stereocenters. The van der Waals surface area contributed by atoms with Gasteiger partial charge in [-0.3, -0.25) is 0 Å². The number of aromatic nitrogens is 3. The van der Waals surface area contributed by atoms with Gasteiger partial charge in [0.2, 0.25) is 0 Å². The van der Waals surface area contributed by atoms with E-state index in [2.05, 4.69) is 41.3 Å². The van der Waals surface area contributed by atoms with Crippen LogP contribution in [-0.2, 0) is 5.75 Å². The Bertz CT molecular complexity index is 704. The number of hydrogen-bond acceptors (Lipinski definition) is 3. The Morgan fingerprint density at radius 3 is 2.68 bits per heavy atom. The van der Waals surface area contributed by atoms with Crippen LogP contribution in [0.2, 0.25) is 0 Å². The average molecular weight is 269 g/mol. The molecule has 19 heavy (non-hydrogen) atoms. The largest absolute Gasteiger partial charge is 0.234 e. The summed E-state index contributed by atoms with van der Waals surface area (Å²) in [4.78, 5) is 4.50. The first-order valence-electron chi connectivity index (χ1n) is 6.23. The number of thioether (sulfide) groups is 1. The van der Waals surface area contributed by atoms with E-state index >= 15 is 0 Å². The minimum absolute atomic E-state index is 0.924. The van der Waals surface area contributed by atoms with Crippen molar-refractivity contribution in [2.24, 2.45) is 0 Å². The van der Waals surface area contributed by atoms with Crippen molar-refractivity contribution in [1.82, 2.24) is 14.6 Å². The minimum atomic E-state index is 0.924. The van der Waals surface area contributed by atoms with Gasteiger partial charge >= 0.3 is 0 Å². The summed E-state index contributed by atoms with van der Waals surface area (Å²) in [5.41, 5.74) is 4.39. The van der Waals surface area contributed by atoms with Crippen molar-refractivity contribution in [1.29, 1.82) is 0 Å². The zero-order chi connectivity index (χ0) is 13.2. The molecule has 96 valence electrons. The van der Waals surface area contributed by atoms with Gasteiger partial charge in [0.25, 0.3) is 0 Å². The predicted molar refractivity (Wildman–Crippen MR) is 78.5 cm³/mol. The normalized spacial score (nSPS) is 11.1. The van der Waals surface area contributed by atoms with Gasteiger partial charge in [0, 0.05) is 23.2 Å². The van der Waals surface area contributed by atoms with E-state index in [-0.39, 0.29) is 0 Å². The number of benzene rings is 1. The van der Waals surface area contributed by atoms with Gasteiger partial charge in [-0.05, 0) is 25.5 Å². The molecule has 0 spiro atoms. The van der Waals surface area contributed by atoms with Crippen molar-refractivity contribution < 1.29 is 0 Å². The summed E-state index contributed by atoms with van der Waals surface area (Å²) in [6.07, 6.45) is 0. The fourth-order valence-corrected chi connectivity index (χ4v) is 2.90. The van der Waals surface area contributed by atoms with E-state index in [1.165, 1.54) is 5.56 Å². The molecule has 0 aliphatic heterocycles. The first-order valence-corrected chi connectivity index (χ1v) is 7.22. The molecule has 0 atom stereocenters. The Kier molecular flexibility index (Phi) is 3.25. The van der Waals surface area contributed by atoms with Gasteiger partial charge in [-0.25, -0.2) is 9.50 Å². The molecule has 0 saturated heterocycles. The van der Waals surface area contributed by atoms with Crippen molar-refractivity contribution in [3.63, 3.8) is 0 Å². The summed E-state index contributed by atoms with van der Waals surface area (Å²) in [7, 11) is 0. The SMILES string of the molecule is Cc1cc(C)n2nc(SCc3ccccc3)cc2n1. The molecule has 1 aromatic carbocycles. The fourth-order valence-electron chi connectivity index (χ4n) is 2.07. The molecule has 0 radical (unpaired) electrons. The molecule has 0 aliphatic rings. The average Bonchev–Trinajstić information content (AvgIpc) is 2.81. The van der Waals surface area contributed by atoms with E-state index < -0.39 is 0 Å². The summed E-state index contributed by atoms with van der Waals surface area (Å²) in [5.74, 6) is 0.933. The summed E-state index contributed by atoms with van der Waals surface area (Å²) >= 11 is 1.74. The van der Waals surface area contributed by atoms with Crippen LogP contribution in [0.1, 0.15) is 17.0 Å². The van der Waals surface area contributed by atoms with Gasteiger partial charge < -0.3 is 0 Å². The molecule has 0 amide bonds. The maximum atomic E-state index is 4.59. The first kappa shape index (κ1) is 12.2. The second-order valence-electron chi connectivity index (χ2n) is 4.57. The summed E-state index contributed by atoms with van der Waals surface area (Å²) in [6, 6.07) is 14.5. The first-order chi connectivity index (χ1) is 9.22. The molecule has 0 bridgehead atoms. The van der Waals surface area contributed by atoms with Crippen LogP contribution in [0, 0.1) is 13.8 Å². The molecular formula is C15H15N3S. The lowest BCUT2D eigenvalue weighted by Crippen LogP contribution is -1.96. The van der Waals surface area contributed by atoms with Crippen molar-refractivity contribution in [2.75, 3.05) is 0 Å². The van der Waals surface area contributed by atoms with Gasteiger partial charge in [-0.2, -0.15) is 5.10 Å². The molecule has 3 nitrogen and oxygen atoms in total. The number of hydrogen-bond donors (Lipinski definition) is 0. The topological polar surface area (TPSA) is 30.2 Å². The third-order valence-corrected chi connectivity index (χ3v) is 3.91. The van der Waals surface area contributed by atoms with E-state index in [1.54, 1.807) is 11.8 Å². The third-order valence-electron chi connectivity index (χ3n) is 2.94. The number of rotatable bonds is 3. The molecule has 2 heterocycles. The van der Waals surface area contributed by atoms with Crippen LogP contribution < -0.4 is 0 Å². The van der Waals surface area contributed by atoms with Crippen LogP contribution >= 0.6 is 11.8 Å². The van der Waals surface area contributed by atoms with Crippen LogP contribution in [0.15, 0.2) is 47.5 Å². The summed E-state index contributed by atoms with van der Waals surface area (Å²) in [5, 5.41) is 5.60. The van der Waals surface area contributed by atoms with Gasteiger partial charge in [0.1, 0.15) is 5.03 Å². The van der Waals surface area contributed by atoms with E-state index in [9.17, 15) is 0 Å². The molecule has 0 fully saturated rings. The molecule has 0 aliphatic carbocycles. The summed E-state index contributed by atoms with van der Waals surface area (Å²) < 4.78 is 1.90. The smallest absolute Gasteiger partial charge is 0.156 e. The quantitative estimate of drug-likeness (QED) is 0.680. The Hall–Kier alpha value is -1.81. The maximum Gasteiger partial charge on any atom is 0.156 e. The van der Waals surface area contributed by atoms with Crippen LogP contribution in [-0.4, -0.2) is 14.6 Å². The standard InChI is InChI=1S/C15H15N3S/c1-11-8-12(2)18-14(16-11)9-15(17-18)19-10-13-6-4-3-5-7-13/h3-9H,10H2,1-2H3. The molecule has 2 aromatic heterocycles. The molecule has 3 aromatic rings. The van der Waals surface area contributed by atoms with Crippen molar-refractivity contribution >= 4 is 17.4 Å². The van der Waals surface area contributed by atoms with Gasteiger partial charge in [-0.1, -0.05) is 42.1 Å². The number of fused-ring (bicyclic) bond motifs is 1. The lowest BCUT2D eigenvalue weighted by Gasteiger charge is -1.99. The van der Waals surface area contributed by atoms with Crippen molar-refractivity contribution in [3.8, 4) is 0 Å². The number of nitrogens with zero attached hydrogens (tertiary/aromatic N) is 3. The Morgan fingerprint density at radius 1 is 1.11 bits per heavy atom. The zero-order valence-corrected chi connectivity index (χ0v) is 11.8. The molecule has 0 N–H and O–H groups in total. The lowest BCUT2D eigenvalue weighted by molar-refractivity contribution is 0.847. The Labute approximate surface area is 116 Å². The monoisotopic (exact) mass is 269 g/mol. The van der Waals surface area contributed by atoms with Crippen molar-refractivity contribution in [2.45, 2.75) is 24.6 Å². The lowest BCUT2D eigenvalue weighted by atomic mass is 10.2. The van der Waals surface area contributed by atoms with Gasteiger partial charge in [0.05, 0.1) is 0 Å². The zero-order valence-electron chi connectivity index (χ0n) is 11.0. The summed E-state index contributed by atoms with van der Waals surface area (Å²) in [6.45, 7) is 4.07. The van der Waals surface area contributed by atoms with E-state index in [0.717, 1.165) is 27.8 Å². The van der Waals surface area contributed by atoms with Crippen molar-refractivity contribution in [3.05, 3.63) is 59.4 Å². The van der Waals surface area contributed by atoms with Crippen LogP contribution in [0.4, 0.5) is 0 Å². The highest BCUT2D eigenvalue weighted by atomic mass is 32.2. The minimum Gasteiger partial charge on any atom is -0.234 e. The van der Waals surface area contributed by atoms with E-state index in [4.69, 9.17) is 0 Å². The predicted octanol–water partition coefficient (Wildman–Crippen LogP) is 3.64. The van der Waals surface area contributed by atoms with E-state index in [0.29, 0.717) is 0 Å². The Morgan fingerprint density at radius 2 is 1.89 bits per heavy atom. The van der Waals surface area contributed by atoms with E-state index in [1.807, 2.05) is 29.6 Å². The third kappa shape index (κ3) is 2.63. The maximum absolute atomic E-state index is 4.59. The number of aryl methyl sites for hydroxylation is 2. The molecule has 3 rings (SSSR count). The second kappa shape index (κ2) is 5.05.